The number of carbonyl (C=O) groups excluding carboxylic acids is 1. The predicted octanol–water partition coefficient (Wildman–Crippen LogP) is 0.792. The number of fused-ring (bicyclic) bond motifs is 1. The summed E-state index contributed by atoms with van der Waals surface area (Å²) in [5.74, 6) is 0.532. The molecule has 4 heteroatoms. The first kappa shape index (κ1) is 10.7. The van der Waals surface area contributed by atoms with Crippen LogP contribution in [0.25, 0.3) is 0 Å². The van der Waals surface area contributed by atoms with E-state index >= 15 is 0 Å². The number of aromatic nitrogens is 1. The number of piperidine rings is 1. The highest BCUT2D eigenvalue weighted by Crippen LogP contribution is 2.27. The van der Waals surface area contributed by atoms with Crippen molar-refractivity contribution in [3.8, 4) is 0 Å². The summed E-state index contributed by atoms with van der Waals surface area (Å²) >= 11 is 0. The van der Waals surface area contributed by atoms with E-state index in [4.69, 9.17) is 0 Å². The number of hydrogen-bond acceptors (Lipinski definition) is 3. The summed E-state index contributed by atoms with van der Waals surface area (Å²) in [5.41, 5.74) is 1.16. The number of nitrogens with zero attached hydrogens (tertiary/aromatic N) is 2. The zero-order chi connectivity index (χ0) is 11.7. The van der Waals surface area contributed by atoms with Gasteiger partial charge in [-0.1, -0.05) is 0 Å². The summed E-state index contributed by atoms with van der Waals surface area (Å²) in [4.78, 5) is 18.2. The summed E-state index contributed by atoms with van der Waals surface area (Å²) in [6.45, 7) is 2.62. The fraction of sp³-hybridized carbons (Fsp3) is 0.538. The second kappa shape index (κ2) is 4.45. The number of carbonyl (C=O) groups is 1. The van der Waals surface area contributed by atoms with Gasteiger partial charge in [0.2, 0.25) is 5.91 Å². The van der Waals surface area contributed by atoms with Crippen LogP contribution in [0.2, 0.25) is 0 Å². The molecule has 3 heterocycles. The standard InChI is InChI=1S/C13H17N3O/c17-13-11-2-1-5-15-12(11)9-16(13)8-10-3-6-14-7-4-10/h3-4,6-7,11-12,15H,1-2,5,8-9H2. The quantitative estimate of drug-likeness (QED) is 0.818. The van der Waals surface area contributed by atoms with Gasteiger partial charge in [0.05, 0.1) is 5.92 Å². The highest BCUT2D eigenvalue weighted by Gasteiger charge is 2.40. The Labute approximate surface area is 101 Å². The maximum absolute atomic E-state index is 12.2. The van der Waals surface area contributed by atoms with Gasteiger partial charge in [0.25, 0.3) is 0 Å². The molecule has 2 saturated heterocycles. The lowest BCUT2D eigenvalue weighted by atomic mass is 9.94. The SMILES string of the molecule is O=C1C2CCCNC2CN1Cc1ccncc1. The van der Waals surface area contributed by atoms with Crippen LogP contribution in [0.3, 0.4) is 0 Å². The first-order chi connectivity index (χ1) is 8.34. The van der Waals surface area contributed by atoms with Gasteiger partial charge in [-0.3, -0.25) is 9.78 Å². The molecule has 0 saturated carbocycles. The van der Waals surface area contributed by atoms with Gasteiger partial charge >= 0.3 is 0 Å². The van der Waals surface area contributed by atoms with Gasteiger partial charge < -0.3 is 10.2 Å². The van der Waals surface area contributed by atoms with Gasteiger partial charge in [0.15, 0.2) is 0 Å². The Hall–Kier alpha value is -1.42. The third-order valence-electron chi connectivity index (χ3n) is 3.75. The normalized spacial score (nSPS) is 28.2. The van der Waals surface area contributed by atoms with Crippen molar-refractivity contribution in [3.05, 3.63) is 30.1 Å². The van der Waals surface area contributed by atoms with Crippen molar-refractivity contribution in [2.75, 3.05) is 13.1 Å². The number of amides is 1. The molecule has 1 N–H and O–H groups in total. The molecule has 0 spiro atoms. The molecule has 17 heavy (non-hydrogen) atoms. The number of pyridine rings is 1. The van der Waals surface area contributed by atoms with Crippen LogP contribution in [0.4, 0.5) is 0 Å². The average Bonchev–Trinajstić information content (AvgIpc) is 2.68. The van der Waals surface area contributed by atoms with Crippen LogP contribution < -0.4 is 5.32 Å². The van der Waals surface area contributed by atoms with E-state index in [1.54, 1.807) is 12.4 Å². The summed E-state index contributed by atoms with van der Waals surface area (Å²) in [5, 5.41) is 3.45. The molecule has 2 fully saturated rings. The molecule has 2 atom stereocenters. The first-order valence-electron chi connectivity index (χ1n) is 6.25. The van der Waals surface area contributed by atoms with Crippen LogP contribution in [-0.2, 0) is 11.3 Å². The lowest BCUT2D eigenvalue weighted by Gasteiger charge is -2.23. The summed E-state index contributed by atoms with van der Waals surface area (Å²) in [6.07, 6.45) is 5.72. The Kier molecular flexibility index (Phi) is 2.81. The minimum Gasteiger partial charge on any atom is -0.336 e. The highest BCUT2D eigenvalue weighted by atomic mass is 16.2. The van der Waals surface area contributed by atoms with E-state index in [1.165, 1.54) is 0 Å². The third-order valence-corrected chi connectivity index (χ3v) is 3.75. The van der Waals surface area contributed by atoms with E-state index in [-0.39, 0.29) is 5.92 Å². The predicted molar refractivity (Wildman–Crippen MR) is 64.2 cm³/mol. The Morgan fingerprint density at radius 2 is 2.24 bits per heavy atom. The van der Waals surface area contributed by atoms with Crippen molar-refractivity contribution in [2.45, 2.75) is 25.4 Å². The maximum atomic E-state index is 12.2. The molecule has 0 bridgehead atoms. The number of likely N-dealkylation sites (tertiary alicyclic amines) is 1. The van der Waals surface area contributed by atoms with Gasteiger partial charge in [-0.25, -0.2) is 0 Å². The Morgan fingerprint density at radius 1 is 1.41 bits per heavy atom. The molecule has 3 rings (SSSR count). The van der Waals surface area contributed by atoms with Gasteiger partial charge in [-0.15, -0.1) is 0 Å². The Morgan fingerprint density at radius 3 is 3.00 bits per heavy atom. The average molecular weight is 231 g/mol. The van der Waals surface area contributed by atoms with Crippen molar-refractivity contribution < 1.29 is 4.79 Å². The summed E-state index contributed by atoms with van der Waals surface area (Å²) in [7, 11) is 0. The monoisotopic (exact) mass is 231 g/mol. The van der Waals surface area contributed by atoms with Crippen molar-refractivity contribution in [3.63, 3.8) is 0 Å². The van der Waals surface area contributed by atoms with Crippen LogP contribution in [0.5, 0.6) is 0 Å². The van der Waals surface area contributed by atoms with Gasteiger partial charge in [0.1, 0.15) is 0 Å². The van der Waals surface area contributed by atoms with Crippen LogP contribution in [0.1, 0.15) is 18.4 Å². The molecule has 90 valence electrons. The lowest BCUT2D eigenvalue weighted by molar-refractivity contribution is -0.131. The van der Waals surface area contributed by atoms with Crippen molar-refractivity contribution in [1.82, 2.24) is 15.2 Å². The minimum atomic E-state index is 0.214. The lowest BCUT2D eigenvalue weighted by Crippen LogP contribution is -2.41. The van der Waals surface area contributed by atoms with Gasteiger partial charge in [-0.05, 0) is 37.1 Å². The van der Waals surface area contributed by atoms with Crippen LogP contribution in [0.15, 0.2) is 24.5 Å². The smallest absolute Gasteiger partial charge is 0.227 e. The molecule has 0 radical (unpaired) electrons. The van der Waals surface area contributed by atoms with Crippen molar-refractivity contribution in [1.29, 1.82) is 0 Å². The Bertz CT molecular complexity index is 406. The van der Waals surface area contributed by atoms with E-state index in [0.29, 0.717) is 11.9 Å². The van der Waals surface area contributed by atoms with Gasteiger partial charge in [-0.2, -0.15) is 0 Å². The van der Waals surface area contributed by atoms with E-state index in [1.807, 2.05) is 17.0 Å². The van der Waals surface area contributed by atoms with Crippen LogP contribution >= 0.6 is 0 Å². The van der Waals surface area contributed by atoms with Crippen molar-refractivity contribution >= 4 is 5.91 Å². The largest absolute Gasteiger partial charge is 0.336 e. The van der Waals surface area contributed by atoms with Gasteiger partial charge in [0, 0.05) is 31.5 Å². The number of nitrogens with one attached hydrogen (secondary N) is 1. The molecule has 1 aromatic rings. The molecule has 0 aromatic carbocycles. The summed E-state index contributed by atoms with van der Waals surface area (Å²) < 4.78 is 0. The molecule has 2 aliphatic heterocycles. The molecule has 1 aromatic heterocycles. The molecule has 2 unspecified atom stereocenters. The zero-order valence-corrected chi connectivity index (χ0v) is 9.80. The van der Waals surface area contributed by atoms with Crippen LogP contribution in [-0.4, -0.2) is 34.9 Å². The molecule has 0 aliphatic carbocycles. The Balaban J connectivity index is 1.71. The topological polar surface area (TPSA) is 45.2 Å². The van der Waals surface area contributed by atoms with E-state index in [2.05, 4.69) is 10.3 Å². The van der Waals surface area contributed by atoms with E-state index in [0.717, 1.165) is 38.0 Å². The second-order valence-electron chi connectivity index (χ2n) is 4.88. The van der Waals surface area contributed by atoms with Crippen LogP contribution in [0, 0.1) is 5.92 Å². The summed E-state index contributed by atoms with van der Waals surface area (Å²) in [6, 6.07) is 4.32. The molecule has 1 amide bonds. The molecule has 2 aliphatic rings. The van der Waals surface area contributed by atoms with E-state index in [9.17, 15) is 4.79 Å². The second-order valence-corrected chi connectivity index (χ2v) is 4.88. The number of hydrogen-bond donors (Lipinski definition) is 1. The molecular weight excluding hydrogens is 214 g/mol. The fourth-order valence-corrected chi connectivity index (χ4v) is 2.85. The maximum Gasteiger partial charge on any atom is 0.227 e. The third kappa shape index (κ3) is 2.05. The fourth-order valence-electron chi connectivity index (χ4n) is 2.85. The van der Waals surface area contributed by atoms with Crippen molar-refractivity contribution in [2.24, 2.45) is 5.92 Å². The minimum absolute atomic E-state index is 0.214. The molecule has 4 nitrogen and oxygen atoms in total. The molecular formula is C13H17N3O. The number of rotatable bonds is 2. The first-order valence-corrected chi connectivity index (χ1v) is 6.25. The van der Waals surface area contributed by atoms with E-state index < -0.39 is 0 Å². The zero-order valence-electron chi connectivity index (χ0n) is 9.80. The highest BCUT2D eigenvalue weighted by molar-refractivity contribution is 5.82.